The lowest BCUT2D eigenvalue weighted by Gasteiger charge is -2.05. The molecule has 0 aliphatic carbocycles. The predicted molar refractivity (Wildman–Crippen MR) is 64.1 cm³/mol. The second kappa shape index (κ2) is 4.22. The summed E-state index contributed by atoms with van der Waals surface area (Å²) in [5, 5.41) is 4.28. The van der Waals surface area contributed by atoms with Crippen molar-refractivity contribution < 1.29 is 0 Å². The molecule has 1 atom stereocenters. The molecule has 1 unspecified atom stereocenters. The maximum Gasteiger partial charge on any atom is 0.159 e. The molecule has 2 heterocycles. The number of nitrogens with two attached hydrogens (primary N) is 1. The van der Waals surface area contributed by atoms with Gasteiger partial charge in [0.2, 0.25) is 0 Å². The molecule has 2 aromatic heterocycles. The lowest BCUT2D eigenvalue weighted by atomic mass is 10.1. The average molecular weight is 218 g/mol. The normalized spacial score (nSPS) is 13.6. The molecule has 0 bridgehead atoms. The summed E-state index contributed by atoms with van der Waals surface area (Å²) in [5.41, 5.74) is 8.92. The first-order valence-electron chi connectivity index (χ1n) is 5.65. The Balaban J connectivity index is 2.41. The van der Waals surface area contributed by atoms with E-state index in [-0.39, 0.29) is 6.04 Å². The second-order valence-electron chi connectivity index (χ2n) is 4.72. The van der Waals surface area contributed by atoms with Crippen LogP contribution in [0.4, 0.5) is 0 Å². The van der Waals surface area contributed by atoms with Gasteiger partial charge in [-0.3, -0.25) is 0 Å². The second-order valence-corrected chi connectivity index (χ2v) is 4.72. The molecule has 0 saturated carbocycles. The summed E-state index contributed by atoms with van der Waals surface area (Å²) in [4.78, 5) is 4.44. The van der Waals surface area contributed by atoms with Crippen LogP contribution in [0.3, 0.4) is 0 Å². The van der Waals surface area contributed by atoms with Gasteiger partial charge in [0.05, 0.1) is 6.20 Å². The molecule has 4 heteroatoms. The van der Waals surface area contributed by atoms with E-state index >= 15 is 0 Å². The summed E-state index contributed by atoms with van der Waals surface area (Å²) >= 11 is 0. The zero-order valence-electron chi connectivity index (χ0n) is 10.0. The Bertz CT molecular complexity index is 485. The van der Waals surface area contributed by atoms with E-state index in [2.05, 4.69) is 23.9 Å². The van der Waals surface area contributed by atoms with E-state index in [1.807, 2.05) is 23.8 Å². The van der Waals surface area contributed by atoms with Crippen molar-refractivity contribution in [3.05, 3.63) is 29.7 Å². The van der Waals surface area contributed by atoms with Gasteiger partial charge in [-0.1, -0.05) is 13.8 Å². The van der Waals surface area contributed by atoms with E-state index in [0.717, 1.165) is 17.6 Å². The average Bonchev–Trinajstić information content (AvgIpc) is 2.59. The highest BCUT2D eigenvalue weighted by atomic mass is 15.2. The first-order chi connectivity index (χ1) is 7.58. The Kier molecular flexibility index (Phi) is 2.92. The Morgan fingerprint density at radius 1 is 1.31 bits per heavy atom. The largest absolute Gasteiger partial charge is 0.324 e. The van der Waals surface area contributed by atoms with Crippen LogP contribution in [0.1, 0.15) is 37.9 Å². The van der Waals surface area contributed by atoms with Gasteiger partial charge in [0, 0.05) is 24.0 Å². The highest BCUT2D eigenvalue weighted by Crippen LogP contribution is 2.16. The summed E-state index contributed by atoms with van der Waals surface area (Å²) < 4.78 is 1.82. The van der Waals surface area contributed by atoms with Crippen LogP contribution in [0.5, 0.6) is 0 Å². The number of nitrogens with zero attached hydrogens (tertiary/aromatic N) is 3. The molecule has 4 nitrogen and oxygen atoms in total. The summed E-state index contributed by atoms with van der Waals surface area (Å²) in [7, 11) is 0. The Morgan fingerprint density at radius 3 is 2.69 bits per heavy atom. The first kappa shape index (κ1) is 11.1. The lowest BCUT2D eigenvalue weighted by Crippen LogP contribution is -2.05. The van der Waals surface area contributed by atoms with Gasteiger partial charge >= 0.3 is 0 Å². The van der Waals surface area contributed by atoms with Gasteiger partial charge in [0.1, 0.15) is 0 Å². The van der Waals surface area contributed by atoms with Crippen molar-refractivity contribution in [2.45, 2.75) is 33.2 Å². The Hall–Kier alpha value is -1.42. The maximum absolute atomic E-state index is 5.85. The number of fused-ring (bicyclic) bond motifs is 1. The third-order valence-electron chi connectivity index (χ3n) is 2.57. The van der Waals surface area contributed by atoms with Gasteiger partial charge in [-0.15, -0.1) is 0 Å². The van der Waals surface area contributed by atoms with Gasteiger partial charge in [-0.25, -0.2) is 9.50 Å². The molecule has 0 amide bonds. The Labute approximate surface area is 95.5 Å². The monoisotopic (exact) mass is 218 g/mol. The summed E-state index contributed by atoms with van der Waals surface area (Å²) in [5.74, 6) is 0.628. The number of hydrogen-bond donors (Lipinski definition) is 1. The molecule has 2 N–H and O–H groups in total. The van der Waals surface area contributed by atoms with E-state index in [4.69, 9.17) is 5.73 Å². The van der Waals surface area contributed by atoms with Crippen LogP contribution < -0.4 is 5.73 Å². The topological polar surface area (TPSA) is 56.2 Å². The molecule has 2 aromatic rings. The van der Waals surface area contributed by atoms with Crippen molar-refractivity contribution >= 4 is 5.65 Å². The van der Waals surface area contributed by atoms with Crippen LogP contribution in [-0.4, -0.2) is 14.6 Å². The first-order valence-corrected chi connectivity index (χ1v) is 5.65. The minimum atomic E-state index is -0.0269. The van der Waals surface area contributed by atoms with Gasteiger partial charge in [0.15, 0.2) is 5.65 Å². The zero-order chi connectivity index (χ0) is 11.7. The quantitative estimate of drug-likeness (QED) is 0.856. The molecule has 86 valence electrons. The predicted octanol–water partition coefficient (Wildman–Crippen LogP) is 1.95. The molecule has 0 radical (unpaired) electrons. The lowest BCUT2D eigenvalue weighted by molar-refractivity contribution is 0.641. The van der Waals surface area contributed by atoms with E-state index in [1.54, 1.807) is 6.20 Å². The number of aromatic nitrogens is 3. The van der Waals surface area contributed by atoms with Crippen LogP contribution in [0, 0.1) is 5.92 Å². The van der Waals surface area contributed by atoms with Crippen LogP contribution in [0.15, 0.2) is 18.6 Å². The van der Waals surface area contributed by atoms with Crippen molar-refractivity contribution in [3.63, 3.8) is 0 Å². The molecule has 0 fully saturated rings. The van der Waals surface area contributed by atoms with Crippen molar-refractivity contribution in [2.75, 3.05) is 0 Å². The minimum Gasteiger partial charge on any atom is -0.324 e. The smallest absolute Gasteiger partial charge is 0.159 e. The van der Waals surface area contributed by atoms with Crippen LogP contribution >= 0.6 is 0 Å². The van der Waals surface area contributed by atoms with Gasteiger partial charge in [0.25, 0.3) is 0 Å². The van der Waals surface area contributed by atoms with E-state index in [1.165, 1.54) is 5.56 Å². The molecule has 0 aliphatic rings. The summed E-state index contributed by atoms with van der Waals surface area (Å²) in [6, 6.07) is -0.0269. The minimum absolute atomic E-state index is 0.0269. The fourth-order valence-electron chi connectivity index (χ4n) is 1.83. The van der Waals surface area contributed by atoms with Crippen LogP contribution in [-0.2, 0) is 6.42 Å². The third kappa shape index (κ3) is 2.07. The van der Waals surface area contributed by atoms with Crippen LogP contribution in [0.2, 0.25) is 0 Å². The molecular formula is C12H18N4. The molecule has 0 saturated heterocycles. The number of rotatable bonds is 3. The highest BCUT2D eigenvalue weighted by Gasteiger charge is 2.09. The molecule has 0 spiro atoms. The zero-order valence-corrected chi connectivity index (χ0v) is 10.0. The SMILES string of the molecule is CC(C)Cc1cnc2c(C(C)N)cnn2c1. The summed E-state index contributed by atoms with van der Waals surface area (Å²) in [6.45, 7) is 6.34. The highest BCUT2D eigenvalue weighted by molar-refractivity contribution is 5.47. The van der Waals surface area contributed by atoms with Crippen molar-refractivity contribution in [2.24, 2.45) is 11.7 Å². The van der Waals surface area contributed by atoms with E-state index in [0.29, 0.717) is 5.92 Å². The van der Waals surface area contributed by atoms with Crippen molar-refractivity contribution in [3.8, 4) is 0 Å². The molecule has 0 aliphatic heterocycles. The molecule has 16 heavy (non-hydrogen) atoms. The standard InChI is InChI=1S/C12H18N4/c1-8(2)4-10-5-14-12-11(9(3)13)6-15-16(12)7-10/h5-9H,4,13H2,1-3H3. The van der Waals surface area contributed by atoms with Crippen LogP contribution in [0.25, 0.3) is 5.65 Å². The van der Waals surface area contributed by atoms with Crippen molar-refractivity contribution in [1.29, 1.82) is 0 Å². The maximum atomic E-state index is 5.85. The van der Waals surface area contributed by atoms with E-state index in [9.17, 15) is 0 Å². The number of hydrogen-bond acceptors (Lipinski definition) is 3. The van der Waals surface area contributed by atoms with Crippen molar-refractivity contribution in [1.82, 2.24) is 14.6 Å². The molecular weight excluding hydrogens is 200 g/mol. The van der Waals surface area contributed by atoms with Gasteiger partial charge in [-0.2, -0.15) is 5.10 Å². The summed E-state index contributed by atoms with van der Waals surface area (Å²) in [6.07, 6.45) is 6.78. The molecule has 2 rings (SSSR count). The molecule has 0 aromatic carbocycles. The third-order valence-corrected chi connectivity index (χ3v) is 2.57. The van der Waals surface area contributed by atoms with Gasteiger partial charge < -0.3 is 5.73 Å². The Morgan fingerprint density at radius 2 is 2.06 bits per heavy atom. The fourth-order valence-corrected chi connectivity index (χ4v) is 1.83. The van der Waals surface area contributed by atoms with E-state index < -0.39 is 0 Å². The van der Waals surface area contributed by atoms with Gasteiger partial charge in [-0.05, 0) is 24.8 Å². The fraction of sp³-hybridized carbons (Fsp3) is 0.500.